The van der Waals surface area contributed by atoms with Crippen LogP contribution in [0.5, 0.6) is 0 Å². The Morgan fingerprint density at radius 3 is 2.65 bits per heavy atom. The third-order valence-corrected chi connectivity index (χ3v) is 5.38. The zero-order chi connectivity index (χ0) is 15.6. The molecule has 0 radical (unpaired) electrons. The van der Waals surface area contributed by atoms with Gasteiger partial charge in [-0.2, -0.15) is 0 Å². The van der Waals surface area contributed by atoms with Gasteiger partial charge in [0, 0.05) is 12.1 Å². The van der Waals surface area contributed by atoms with Gasteiger partial charge in [-0.05, 0) is 37.2 Å². The van der Waals surface area contributed by atoms with Crippen molar-refractivity contribution in [3.63, 3.8) is 0 Å². The fourth-order valence-electron chi connectivity index (χ4n) is 4.17. The minimum absolute atomic E-state index is 0.0124. The number of aromatic nitrogens is 2. The van der Waals surface area contributed by atoms with Crippen molar-refractivity contribution in [3.8, 4) is 0 Å². The molecule has 23 heavy (non-hydrogen) atoms. The van der Waals surface area contributed by atoms with Crippen molar-refractivity contribution in [2.75, 3.05) is 0 Å². The van der Waals surface area contributed by atoms with E-state index in [2.05, 4.69) is 34.5 Å². The number of benzene rings is 1. The zero-order valence-electron chi connectivity index (χ0n) is 13.4. The van der Waals surface area contributed by atoms with Crippen LogP contribution >= 0.6 is 0 Å². The summed E-state index contributed by atoms with van der Waals surface area (Å²) in [5.41, 5.74) is 3.30. The van der Waals surface area contributed by atoms with Gasteiger partial charge >= 0.3 is 0 Å². The molecule has 1 aliphatic carbocycles. The highest BCUT2D eigenvalue weighted by Crippen LogP contribution is 2.41. The van der Waals surface area contributed by atoms with Gasteiger partial charge in [0.05, 0.1) is 17.8 Å². The van der Waals surface area contributed by atoms with E-state index in [9.17, 15) is 4.79 Å². The summed E-state index contributed by atoms with van der Waals surface area (Å²) >= 11 is 0. The maximum atomic E-state index is 12.2. The molecule has 1 aliphatic heterocycles. The van der Waals surface area contributed by atoms with Gasteiger partial charge in [0.15, 0.2) is 0 Å². The number of aryl methyl sites for hydroxylation is 1. The first-order valence-electron chi connectivity index (χ1n) is 8.80. The molecule has 2 N–H and O–H groups in total. The fraction of sp³-hybridized carbons (Fsp3) is 0.526. The Bertz CT molecular complexity index is 698. The molecule has 1 fully saturated rings. The lowest BCUT2D eigenvalue weighted by Gasteiger charge is -2.33. The monoisotopic (exact) mass is 312 g/mol. The SMILES string of the molecule is O=c1[nH][nH]c2c1[C@H](C1CCCC1)O[C@H](CCc1ccccc1)C2. The molecule has 0 saturated heterocycles. The number of ether oxygens (including phenoxy) is 1. The number of H-pyrrole nitrogens is 2. The molecule has 2 aromatic rings. The summed E-state index contributed by atoms with van der Waals surface area (Å²) in [6.45, 7) is 0. The summed E-state index contributed by atoms with van der Waals surface area (Å²) in [5, 5.41) is 5.86. The van der Waals surface area contributed by atoms with E-state index in [4.69, 9.17) is 4.74 Å². The number of fused-ring (bicyclic) bond motifs is 1. The molecule has 0 spiro atoms. The van der Waals surface area contributed by atoms with Crippen molar-refractivity contribution >= 4 is 0 Å². The molecule has 4 nitrogen and oxygen atoms in total. The van der Waals surface area contributed by atoms with Crippen molar-refractivity contribution < 1.29 is 4.74 Å². The summed E-state index contributed by atoms with van der Waals surface area (Å²) in [5.74, 6) is 0.505. The van der Waals surface area contributed by atoms with Crippen LogP contribution in [0.25, 0.3) is 0 Å². The summed E-state index contributed by atoms with van der Waals surface area (Å²) in [6.07, 6.45) is 7.89. The highest BCUT2D eigenvalue weighted by molar-refractivity contribution is 5.24. The lowest BCUT2D eigenvalue weighted by atomic mass is 9.89. The summed E-state index contributed by atoms with van der Waals surface area (Å²) in [7, 11) is 0. The standard InChI is InChI=1S/C19H24N2O2/c22-19-17-16(20-21-19)12-15(11-10-13-6-2-1-3-7-13)23-18(17)14-8-4-5-9-14/h1-3,6-7,14-15,18H,4-5,8-12H2,(H2,20,21,22)/t15-,18+/m1/s1. The van der Waals surface area contributed by atoms with E-state index in [1.54, 1.807) is 0 Å². The Balaban J connectivity index is 1.51. The van der Waals surface area contributed by atoms with Crippen LogP contribution in [0.3, 0.4) is 0 Å². The van der Waals surface area contributed by atoms with Gasteiger partial charge in [-0.3, -0.25) is 9.89 Å². The van der Waals surface area contributed by atoms with E-state index in [1.807, 2.05) is 6.07 Å². The van der Waals surface area contributed by atoms with Crippen molar-refractivity contribution in [2.45, 2.75) is 57.2 Å². The minimum Gasteiger partial charge on any atom is -0.369 e. The Morgan fingerprint density at radius 2 is 1.87 bits per heavy atom. The molecule has 4 heteroatoms. The van der Waals surface area contributed by atoms with Crippen molar-refractivity contribution in [1.82, 2.24) is 10.2 Å². The maximum absolute atomic E-state index is 12.2. The largest absolute Gasteiger partial charge is 0.369 e. The van der Waals surface area contributed by atoms with Crippen LogP contribution < -0.4 is 5.56 Å². The topological polar surface area (TPSA) is 57.9 Å². The average molecular weight is 312 g/mol. The normalized spacial score (nSPS) is 24.7. The molecule has 2 aliphatic rings. The lowest BCUT2D eigenvalue weighted by molar-refractivity contribution is -0.0591. The molecular formula is C19H24N2O2. The van der Waals surface area contributed by atoms with Gasteiger partial charge in [0.2, 0.25) is 0 Å². The number of aromatic amines is 2. The van der Waals surface area contributed by atoms with E-state index in [1.165, 1.54) is 31.2 Å². The lowest BCUT2D eigenvalue weighted by Crippen LogP contribution is -2.32. The van der Waals surface area contributed by atoms with Gasteiger partial charge in [0.25, 0.3) is 5.56 Å². The molecule has 0 bridgehead atoms. The van der Waals surface area contributed by atoms with E-state index >= 15 is 0 Å². The second-order valence-corrected chi connectivity index (χ2v) is 6.92. The summed E-state index contributed by atoms with van der Waals surface area (Å²) < 4.78 is 6.42. The van der Waals surface area contributed by atoms with E-state index in [0.29, 0.717) is 5.92 Å². The molecule has 2 heterocycles. The number of hydrogen-bond donors (Lipinski definition) is 2. The van der Waals surface area contributed by atoms with Crippen LogP contribution in [0.4, 0.5) is 0 Å². The maximum Gasteiger partial charge on any atom is 0.270 e. The van der Waals surface area contributed by atoms with Crippen LogP contribution in [0.15, 0.2) is 35.1 Å². The Morgan fingerprint density at radius 1 is 1.09 bits per heavy atom. The Kier molecular flexibility index (Phi) is 4.08. The fourth-order valence-corrected chi connectivity index (χ4v) is 4.17. The van der Waals surface area contributed by atoms with Crippen LogP contribution in [0.2, 0.25) is 0 Å². The van der Waals surface area contributed by atoms with Crippen LogP contribution in [0.1, 0.15) is 55.0 Å². The van der Waals surface area contributed by atoms with E-state index in [0.717, 1.165) is 30.5 Å². The highest BCUT2D eigenvalue weighted by Gasteiger charge is 2.37. The first kappa shape index (κ1) is 14.8. The highest BCUT2D eigenvalue weighted by atomic mass is 16.5. The van der Waals surface area contributed by atoms with Gasteiger partial charge in [-0.25, -0.2) is 0 Å². The quantitative estimate of drug-likeness (QED) is 0.907. The third-order valence-electron chi connectivity index (χ3n) is 5.38. The molecule has 122 valence electrons. The van der Waals surface area contributed by atoms with Gasteiger partial charge < -0.3 is 9.84 Å². The third kappa shape index (κ3) is 3.00. The Labute approximate surface area is 136 Å². The van der Waals surface area contributed by atoms with E-state index < -0.39 is 0 Å². The molecule has 0 unspecified atom stereocenters. The van der Waals surface area contributed by atoms with Crippen molar-refractivity contribution in [1.29, 1.82) is 0 Å². The van der Waals surface area contributed by atoms with E-state index in [-0.39, 0.29) is 17.8 Å². The van der Waals surface area contributed by atoms with Crippen LogP contribution in [-0.4, -0.2) is 16.3 Å². The van der Waals surface area contributed by atoms with Crippen LogP contribution in [-0.2, 0) is 17.6 Å². The first-order valence-corrected chi connectivity index (χ1v) is 8.80. The predicted molar refractivity (Wildman–Crippen MR) is 89.5 cm³/mol. The van der Waals surface area contributed by atoms with Gasteiger partial charge in [0.1, 0.15) is 0 Å². The molecule has 1 aromatic carbocycles. The number of rotatable bonds is 4. The van der Waals surface area contributed by atoms with Crippen molar-refractivity contribution in [3.05, 3.63) is 57.5 Å². The van der Waals surface area contributed by atoms with Gasteiger partial charge in [-0.15, -0.1) is 0 Å². The second kappa shape index (κ2) is 6.36. The van der Waals surface area contributed by atoms with Gasteiger partial charge in [-0.1, -0.05) is 43.2 Å². The molecule has 2 atom stereocenters. The molecule has 0 amide bonds. The zero-order valence-corrected chi connectivity index (χ0v) is 13.4. The molecule has 1 saturated carbocycles. The smallest absolute Gasteiger partial charge is 0.270 e. The average Bonchev–Trinajstić information content (AvgIpc) is 3.24. The molecular weight excluding hydrogens is 288 g/mol. The van der Waals surface area contributed by atoms with Crippen LogP contribution in [0, 0.1) is 5.92 Å². The second-order valence-electron chi connectivity index (χ2n) is 6.92. The first-order chi connectivity index (χ1) is 11.3. The number of hydrogen-bond acceptors (Lipinski definition) is 2. The Hall–Kier alpha value is -1.81. The molecule has 1 aromatic heterocycles. The summed E-state index contributed by atoms with van der Waals surface area (Å²) in [4.78, 5) is 12.2. The molecule has 4 rings (SSSR count). The predicted octanol–water partition coefficient (Wildman–Crippen LogP) is 3.51. The van der Waals surface area contributed by atoms with Crippen molar-refractivity contribution in [2.24, 2.45) is 5.92 Å². The minimum atomic E-state index is -0.0166. The summed E-state index contributed by atoms with van der Waals surface area (Å²) in [6, 6.07) is 10.6. The number of nitrogens with one attached hydrogen (secondary N) is 2.